The highest BCUT2D eigenvalue weighted by atomic mass is 16.5. The number of fused-ring (bicyclic) bond motifs is 4. The summed E-state index contributed by atoms with van der Waals surface area (Å²) >= 11 is 0. The quantitative estimate of drug-likeness (QED) is 0.148. The monoisotopic (exact) mass is 738 g/mol. The average Bonchev–Trinajstić information content (AvgIpc) is 3.80. The minimum absolute atomic E-state index is 0.558. The summed E-state index contributed by atoms with van der Waals surface area (Å²) in [5, 5.41) is 2.36. The van der Waals surface area contributed by atoms with Gasteiger partial charge < -0.3 is 14.5 Å². The second-order valence-corrected chi connectivity index (χ2v) is 15.2. The molecule has 9 aromatic rings. The summed E-state index contributed by atoms with van der Waals surface area (Å²) in [5.74, 6) is 3.02. The smallest absolute Gasteiger partial charge is 0.137 e. The molecular weight excluding hydrogens is 697 g/mol. The van der Waals surface area contributed by atoms with Crippen molar-refractivity contribution in [3.8, 4) is 39.6 Å². The Kier molecular flexibility index (Phi) is 8.76. The Bertz CT molecular complexity index is 2820. The molecule has 0 saturated heterocycles. The van der Waals surface area contributed by atoms with E-state index in [-0.39, 0.29) is 0 Å². The Labute approximate surface area is 333 Å². The lowest BCUT2D eigenvalue weighted by atomic mass is 9.95. The summed E-state index contributed by atoms with van der Waals surface area (Å²) in [5.41, 5.74) is 12.8. The molecule has 0 bridgehead atoms. The predicted octanol–water partition coefficient (Wildman–Crippen LogP) is 13.8. The lowest BCUT2D eigenvalue weighted by Crippen LogP contribution is -2.24. The maximum absolute atomic E-state index is 6.73. The van der Waals surface area contributed by atoms with Crippen LogP contribution in [-0.2, 0) is 6.42 Å². The minimum Gasteiger partial charge on any atom is -0.457 e. The van der Waals surface area contributed by atoms with Crippen molar-refractivity contribution in [3.63, 3.8) is 0 Å². The molecule has 0 fully saturated rings. The Morgan fingerprint density at radius 2 is 1.18 bits per heavy atom. The topological polar surface area (TPSA) is 33.5 Å². The molecule has 0 spiro atoms. The van der Waals surface area contributed by atoms with E-state index in [0.717, 1.165) is 51.8 Å². The van der Waals surface area contributed by atoms with E-state index in [1.165, 1.54) is 44.3 Å². The van der Waals surface area contributed by atoms with E-state index in [1.54, 1.807) is 0 Å². The molecule has 0 amide bonds. The number of ether oxygens (including phenoxy) is 1. The molecule has 1 aliphatic rings. The zero-order valence-corrected chi connectivity index (χ0v) is 32.1. The minimum atomic E-state index is 0.558. The molecule has 0 aliphatic carbocycles. The summed E-state index contributed by atoms with van der Waals surface area (Å²) in [4.78, 5) is 9.71. The first kappa shape index (κ1) is 34.4. The second-order valence-electron chi connectivity index (χ2n) is 15.2. The number of rotatable bonds is 9. The van der Waals surface area contributed by atoms with Gasteiger partial charge >= 0.3 is 0 Å². The van der Waals surface area contributed by atoms with Crippen LogP contribution in [0.25, 0.3) is 49.9 Å². The van der Waals surface area contributed by atoms with Gasteiger partial charge in [0.1, 0.15) is 24.0 Å². The van der Waals surface area contributed by atoms with E-state index in [0.29, 0.717) is 12.6 Å². The maximum atomic E-state index is 6.73. The lowest BCUT2D eigenvalue weighted by Gasteiger charge is -2.27. The number of nitrogens with zero attached hydrogens (tertiary/aromatic N) is 4. The molecule has 7 aromatic carbocycles. The van der Waals surface area contributed by atoms with Crippen LogP contribution in [0.3, 0.4) is 0 Å². The highest BCUT2D eigenvalue weighted by Crippen LogP contribution is 2.50. The van der Waals surface area contributed by atoms with Gasteiger partial charge in [-0.05, 0) is 83.6 Å². The third kappa shape index (κ3) is 6.37. The van der Waals surface area contributed by atoms with E-state index >= 15 is 0 Å². The molecule has 0 N–H and O–H groups in total. The molecule has 57 heavy (non-hydrogen) atoms. The highest BCUT2D eigenvalue weighted by Gasteiger charge is 2.31. The van der Waals surface area contributed by atoms with Crippen LogP contribution in [0.15, 0.2) is 188 Å². The van der Waals surface area contributed by atoms with Crippen LogP contribution in [0, 0.1) is 5.92 Å². The van der Waals surface area contributed by atoms with Crippen LogP contribution >= 0.6 is 0 Å². The highest BCUT2D eigenvalue weighted by molar-refractivity contribution is 6.09. The van der Waals surface area contributed by atoms with Crippen LogP contribution in [0.2, 0.25) is 0 Å². The molecule has 0 unspecified atom stereocenters. The molecule has 1 aliphatic heterocycles. The average molecular weight is 739 g/mol. The van der Waals surface area contributed by atoms with Gasteiger partial charge in [0.15, 0.2) is 0 Å². The van der Waals surface area contributed by atoms with Gasteiger partial charge in [-0.25, -0.2) is 4.98 Å². The number of aromatic nitrogens is 2. The molecule has 0 radical (unpaired) electrons. The van der Waals surface area contributed by atoms with E-state index < -0.39 is 0 Å². The zero-order chi connectivity index (χ0) is 38.3. The van der Waals surface area contributed by atoms with Crippen molar-refractivity contribution in [3.05, 3.63) is 194 Å². The van der Waals surface area contributed by atoms with Crippen molar-refractivity contribution >= 4 is 44.6 Å². The van der Waals surface area contributed by atoms with Crippen molar-refractivity contribution < 1.29 is 4.74 Å². The molecule has 0 saturated carbocycles. The summed E-state index contributed by atoms with van der Waals surface area (Å²) in [6, 6.07) is 64.5. The number of pyridine rings is 1. The van der Waals surface area contributed by atoms with Crippen LogP contribution in [0.4, 0.5) is 22.7 Å². The third-order valence-corrected chi connectivity index (χ3v) is 10.9. The van der Waals surface area contributed by atoms with Crippen LogP contribution in [0.1, 0.15) is 19.4 Å². The number of benzene rings is 7. The van der Waals surface area contributed by atoms with Gasteiger partial charge in [-0.3, -0.25) is 4.57 Å². The first-order chi connectivity index (χ1) is 28.1. The van der Waals surface area contributed by atoms with Crippen molar-refractivity contribution in [2.24, 2.45) is 5.92 Å². The largest absolute Gasteiger partial charge is 0.457 e. The summed E-state index contributed by atoms with van der Waals surface area (Å²) in [7, 11) is 0. The van der Waals surface area contributed by atoms with Crippen molar-refractivity contribution in [1.82, 2.24) is 9.55 Å². The normalized spacial score (nSPS) is 12.5. The molecule has 276 valence electrons. The van der Waals surface area contributed by atoms with Crippen molar-refractivity contribution in [2.45, 2.75) is 20.3 Å². The van der Waals surface area contributed by atoms with Gasteiger partial charge in [-0.1, -0.05) is 129 Å². The Hall–Kier alpha value is -7.11. The van der Waals surface area contributed by atoms with E-state index in [4.69, 9.17) is 9.72 Å². The Morgan fingerprint density at radius 1 is 0.544 bits per heavy atom. The van der Waals surface area contributed by atoms with Gasteiger partial charge in [0.05, 0.1) is 28.1 Å². The molecule has 2 aromatic heterocycles. The van der Waals surface area contributed by atoms with Gasteiger partial charge in [-0.15, -0.1) is 0 Å². The van der Waals surface area contributed by atoms with Gasteiger partial charge in [0.2, 0.25) is 0 Å². The molecule has 5 heteroatoms. The van der Waals surface area contributed by atoms with Crippen molar-refractivity contribution in [2.75, 3.05) is 16.5 Å². The third-order valence-electron chi connectivity index (χ3n) is 10.9. The Balaban J connectivity index is 1.03. The SMILES string of the molecule is CC(C)Cc1ccnc(-n2c3ccccc3c3ccc(Oc4cccc(N5CN(c6c(-c7ccccc7)cccc6-c6ccccc6)c6ccccc65)c4)cc32)c1. The number of anilines is 4. The number of hydrogen-bond acceptors (Lipinski definition) is 4. The fourth-order valence-corrected chi connectivity index (χ4v) is 8.45. The summed E-state index contributed by atoms with van der Waals surface area (Å²) in [6.07, 6.45) is 2.93. The maximum Gasteiger partial charge on any atom is 0.137 e. The van der Waals surface area contributed by atoms with Crippen LogP contribution in [-0.4, -0.2) is 16.2 Å². The second kappa shape index (κ2) is 14.5. The fourth-order valence-electron chi connectivity index (χ4n) is 8.45. The molecular formula is C52H42N4O. The van der Waals surface area contributed by atoms with E-state index in [9.17, 15) is 0 Å². The molecule has 3 heterocycles. The first-order valence-corrected chi connectivity index (χ1v) is 19.7. The van der Waals surface area contributed by atoms with Crippen LogP contribution in [0.5, 0.6) is 11.5 Å². The lowest BCUT2D eigenvalue weighted by molar-refractivity contribution is 0.483. The van der Waals surface area contributed by atoms with Crippen LogP contribution < -0.4 is 14.5 Å². The number of para-hydroxylation sites is 4. The molecule has 10 rings (SSSR count). The summed E-state index contributed by atoms with van der Waals surface area (Å²) < 4.78 is 9.00. The van der Waals surface area contributed by atoms with E-state index in [2.05, 4.69) is 204 Å². The Morgan fingerprint density at radius 3 is 1.91 bits per heavy atom. The zero-order valence-electron chi connectivity index (χ0n) is 32.1. The van der Waals surface area contributed by atoms with E-state index in [1.807, 2.05) is 12.3 Å². The molecule has 5 nitrogen and oxygen atoms in total. The molecule has 0 atom stereocenters. The predicted molar refractivity (Wildman–Crippen MR) is 237 cm³/mol. The fraction of sp³-hybridized carbons (Fsp3) is 0.0962. The van der Waals surface area contributed by atoms with Gasteiger partial charge in [0.25, 0.3) is 0 Å². The standard InChI is InChI=1S/C52H42N4O/c1-36(2)31-37-29-30-53-51(32-37)56-47-24-10-9-21-45(47)46-28-27-42(34-50(46)56)57-41-20-13-19-40(33-41)54-35-55(49-26-12-11-25-48(49)54)52-43(38-15-5-3-6-16-38)22-14-23-44(52)39-17-7-4-8-18-39/h3-30,32-34,36H,31,35H2,1-2H3. The number of hydrogen-bond donors (Lipinski definition) is 0. The van der Waals surface area contributed by atoms with Crippen molar-refractivity contribution in [1.29, 1.82) is 0 Å². The first-order valence-electron chi connectivity index (χ1n) is 19.7. The summed E-state index contributed by atoms with van der Waals surface area (Å²) in [6.45, 7) is 5.15. The van der Waals surface area contributed by atoms with Gasteiger partial charge in [0, 0.05) is 45.9 Å². The van der Waals surface area contributed by atoms with Gasteiger partial charge in [-0.2, -0.15) is 0 Å².